The van der Waals surface area contributed by atoms with E-state index in [0.29, 0.717) is 21.8 Å². The van der Waals surface area contributed by atoms with Crippen molar-refractivity contribution in [2.45, 2.75) is 13.5 Å². The van der Waals surface area contributed by atoms with Crippen LogP contribution < -0.4 is 5.32 Å². The molecule has 7 heteroatoms. The summed E-state index contributed by atoms with van der Waals surface area (Å²) >= 11 is 5.65. The normalized spacial score (nSPS) is 10.2. The first-order valence-corrected chi connectivity index (χ1v) is 6.49. The van der Waals surface area contributed by atoms with Gasteiger partial charge in [0.05, 0.1) is 10.5 Å². The lowest BCUT2D eigenvalue weighted by molar-refractivity contribution is -0.385. The Kier molecular flexibility index (Phi) is 4.49. The third-order valence-corrected chi connectivity index (χ3v) is 3.27. The second kappa shape index (κ2) is 6.32. The first kappa shape index (κ1) is 14.9. The molecule has 0 aliphatic carbocycles. The monoisotopic (exact) mass is 305 g/mol. The van der Waals surface area contributed by atoms with Gasteiger partial charge in [0.2, 0.25) is 0 Å². The Hall–Kier alpha value is -2.47. The van der Waals surface area contributed by atoms with Crippen molar-refractivity contribution in [1.29, 1.82) is 0 Å². The highest BCUT2D eigenvalue weighted by Gasteiger charge is 2.14. The maximum Gasteiger partial charge on any atom is 0.272 e. The lowest BCUT2D eigenvalue weighted by Gasteiger charge is -2.08. The van der Waals surface area contributed by atoms with Crippen LogP contribution in [-0.2, 0) is 6.54 Å². The predicted octanol–water partition coefficient (Wildman–Crippen LogP) is 2.88. The number of aromatic nitrogens is 1. The minimum Gasteiger partial charge on any atom is -0.348 e. The van der Waals surface area contributed by atoms with Crippen LogP contribution in [0.15, 0.2) is 36.5 Å². The SMILES string of the molecule is Cc1c(CNC(=O)c2ccc(Cl)nc2)cccc1[N+](=O)[O-]. The van der Waals surface area contributed by atoms with Gasteiger partial charge in [-0.25, -0.2) is 4.98 Å². The summed E-state index contributed by atoms with van der Waals surface area (Å²) in [5.41, 5.74) is 1.65. The smallest absolute Gasteiger partial charge is 0.272 e. The Morgan fingerprint density at radius 2 is 2.14 bits per heavy atom. The van der Waals surface area contributed by atoms with Gasteiger partial charge in [-0.2, -0.15) is 0 Å². The molecule has 0 unspecified atom stereocenters. The van der Waals surface area contributed by atoms with Crippen LogP contribution in [0.2, 0.25) is 5.15 Å². The number of nitro groups is 1. The molecule has 0 fully saturated rings. The van der Waals surface area contributed by atoms with E-state index >= 15 is 0 Å². The molecular formula is C14H12ClN3O3. The van der Waals surface area contributed by atoms with Crippen molar-refractivity contribution in [1.82, 2.24) is 10.3 Å². The Bertz CT molecular complexity index is 686. The largest absolute Gasteiger partial charge is 0.348 e. The molecule has 1 aromatic carbocycles. The Labute approximate surface area is 125 Å². The van der Waals surface area contributed by atoms with E-state index in [-0.39, 0.29) is 18.1 Å². The topological polar surface area (TPSA) is 85.1 Å². The molecule has 0 atom stereocenters. The summed E-state index contributed by atoms with van der Waals surface area (Å²) in [6.45, 7) is 1.86. The number of rotatable bonds is 4. The van der Waals surface area contributed by atoms with Crippen molar-refractivity contribution in [3.8, 4) is 0 Å². The predicted molar refractivity (Wildman–Crippen MR) is 78.3 cm³/mol. The summed E-state index contributed by atoms with van der Waals surface area (Å²) < 4.78 is 0. The van der Waals surface area contributed by atoms with Gasteiger partial charge < -0.3 is 5.32 Å². The van der Waals surface area contributed by atoms with Gasteiger partial charge in [0.1, 0.15) is 5.15 Å². The number of carbonyl (C=O) groups is 1. The Morgan fingerprint density at radius 3 is 2.76 bits per heavy atom. The van der Waals surface area contributed by atoms with Gasteiger partial charge in [0.15, 0.2) is 0 Å². The zero-order valence-corrected chi connectivity index (χ0v) is 11.9. The van der Waals surface area contributed by atoms with Crippen LogP contribution >= 0.6 is 11.6 Å². The van der Waals surface area contributed by atoms with E-state index in [1.54, 1.807) is 25.1 Å². The van der Waals surface area contributed by atoms with Crippen molar-refractivity contribution in [2.75, 3.05) is 0 Å². The highest BCUT2D eigenvalue weighted by atomic mass is 35.5. The fraction of sp³-hybridized carbons (Fsp3) is 0.143. The minimum absolute atomic E-state index is 0.0370. The molecule has 1 amide bonds. The maximum absolute atomic E-state index is 11.9. The van der Waals surface area contributed by atoms with E-state index < -0.39 is 4.92 Å². The van der Waals surface area contributed by atoms with E-state index in [0.717, 1.165) is 0 Å². The molecular weight excluding hydrogens is 294 g/mol. The second-order valence-electron chi connectivity index (χ2n) is 4.37. The molecule has 1 N–H and O–H groups in total. The number of amides is 1. The first-order valence-electron chi connectivity index (χ1n) is 6.11. The molecule has 0 saturated heterocycles. The number of nitro benzene ring substituents is 1. The van der Waals surface area contributed by atoms with Gasteiger partial charge in [-0.1, -0.05) is 23.7 Å². The van der Waals surface area contributed by atoms with Gasteiger partial charge in [-0.3, -0.25) is 14.9 Å². The summed E-state index contributed by atoms with van der Waals surface area (Å²) in [6, 6.07) is 7.85. The first-order chi connectivity index (χ1) is 9.99. The summed E-state index contributed by atoms with van der Waals surface area (Å²) in [6.07, 6.45) is 1.37. The highest BCUT2D eigenvalue weighted by Crippen LogP contribution is 2.20. The van der Waals surface area contributed by atoms with Crippen molar-refractivity contribution in [3.05, 3.63) is 68.5 Å². The fourth-order valence-electron chi connectivity index (χ4n) is 1.85. The van der Waals surface area contributed by atoms with Crippen molar-refractivity contribution < 1.29 is 9.72 Å². The quantitative estimate of drug-likeness (QED) is 0.534. The number of hydrogen-bond acceptors (Lipinski definition) is 4. The standard InChI is InChI=1S/C14H12ClN3O3/c1-9-10(3-2-4-12(9)18(20)21)7-17-14(19)11-5-6-13(15)16-8-11/h2-6,8H,7H2,1H3,(H,17,19). The Morgan fingerprint density at radius 1 is 1.38 bits per heavy atom. The zero-order chi connectivity index (χ0) is 15.4. The summed E-state index contributed by atoms with van der Waals surface area (Å²) in [5, 5.41) is 13.9. The van der Waals surface area contributed by atoms with Crippen LogP contribution in [0.4, 0.5) is 5.69 Å². The average molecular weight is 306 g/mol. The van der Waals surface area contributed by atoms with Gasteiger partial charge in [0.25, 0.3) is 11.6 Å². The number of nitrogens with one attached hydrogen (secondary N) is 1. The van der Waals surface area contributed by atoms with Crippen molar-refractivity contribution in [2.24, 2.45) is 0 Å². The number of pyridine rings is 1. The third kappa shape index (κ3) is 3.55. The molecule has 1 aromatic heterocycles. The van der Waals surface area contributed by atoms with Gasteiger partial charge >= 0.3 is 0 Å². The molecule has 0 aliphatic heterocycles. The molecule has 6 nitrogen and oxygen atoms in total. The van der Waals surface area contributed by atoms with E-state index in [2.05, 4.69) is 10.3 Å². The lowest BCUT2D eigenvalue weighted by atomic mass is 10.1. The Balaban J connectivity index is 2.10. The lowest BCUT2D eigenvalue weighted by Crippen LogP contribution is -2.23. The summed E-state index contributed by atoms with van der Waals surface area (Å²) in [4.78, 5) is 26.2. The zero-order valence-electron chi connectivity index (χ0n) is 11.2. The third-order valence-electron chi connectivity index (χ3n) is 3.04. The maximum atomic E-state index is 11.9. The number of hydrogen-bond donors (Lipinski definition) is 1. The molecule has 0 bridgehead atoms. The molecule has 0 saturated carbocycles. The minimum atomic E-state index is -0.441. The van der Waals surface area contributed by atoms with Crippen LogP contribution in [0.3, 0.4) is 0 Å². The number of nitrogens with zero attached hydrogens (tertiary/aromatic N) is 2. The molecule has 0 spiro atoms. The van der Waals surface area contributed by atoms with Crippen molar-refractivity contribution in [3.63, 3.8) is 0 Å². The fourth-order valence-corrected chi connectivity index (χ4v) is 1.96. The number of halogens is 1. The van der Waals surface area contributed by atoms with Crippen LogP contribution in [0.5, 0.6) is 0 Å². The molecule has 1 heterocycles. The molecule has 0 aliphatic rings. The van der Waals surface area contributed by atoms with E-state index in [9.17, 15) is 14.9 Å². The van der Waals surface area contributed by atoms with Crippen LogP contribution in [0, 0.1) is 17.0 Å². The van der Waals surface area contributed by atoms with Gasteiger partial charge in [-0.15, -0.1) is 0 Å². The molecule has 108 valence electrons. The highest BCUT2D eigenvalue weighted by molar-refractivity contribution is 6.29. The molecule has 2 rings (SSSR count). The second-order valence-corrected chi connectivity index (χ2v) is 4.76. The van der Waals surface area contributed by atoms with Gasteiger partial charge in [0, 0.05) is 24.4 Å². The van der Waals surface area contributed by atoms with E-state index in [1.165, 1.54) is 18.3 Å². The van der Waals surface area contributed by atoms with Crippen molar-refractivity contribution >= 4 is 23.2 Å². The number of carbonyl (C=O) groups excluding carboxylic acids is 1. The van der Waals surface area contributed by atoms with E-state index in [1.807, 2.05) is 0 Å². The molecule has 2 aromatic rings. The van der Waals surface area contributed by atoms with Crippen LogP contribution in [-0.4, -0.2) is 15.8 Å². The molecule has 21 heavy (non-hydrogen) atoms. The van der Waals surface area contributed by atoms with Crippen LogP contribution in [0.25, 0.3) is 0 Å². The summed E-state index contributed by atoms with van der Waals surface area (Å²) in [7, 11) is 0. The molecule has 0 radical (unpaired) electrons. The van der Waals surface area contributed by atoms with Crippen LogP contribution in [0.1, 0.15) is 21.5 Å². The number of benzene rings is 1. The average Bonchev–Trinajstić information content (AvgIpc) is 2.46. The summed E-state index contributed by atoms with van der Waals surface area (Å²) in [5.74, 6) is -0.315. The van der Waals surface area contributed by atoms with Gasteiger partial charge in [-0.05, 0) is 24.6 Å². The van der Waals surface area contributed by atoms with E-state index in [4.69, 9.17) is 11.6 Å².